The zero-order valence-corrected chi connectivity index (χ0v) is 20.6. The van der Waals surface area contributed by atoms with E-state index in [0.717, 1.165) is 29.1 Å². The van der Waals surface area contributed by atoms with Gasteiger partial charge in [0.1, 0.15) is 0 Å². The molecule has 0 unspecified atom stereocenters. The van der Waals surface area contributed by atoms with Crippen LogP contribution in [-0.4, -0.2) is 0 Å². The predicted molar refractivity (Wildman–Crippen MR) is 134 cm³/mol. The summed E-state index contributed by atoms with van der Waals surface area (Å²) in [4.78, 5) is 0. The summed E-state index contributed by atoms with van der Waals surface area (Å²) in [6.45, 7) is 4.75. The van der Waals surface area contributed by atoms with Crippen LogP contribution in [0.3, 0.4) is 0 Å². The number of hydrogen-bond acceptors (Lipinski definition) is 0. The van der Waals surface area contributed by atoms with Crippen molar-refractivity contribution in [2.24, 2.45) is 23.2 Å². The van der Waals surface area contributed by atoms with E-state index in [-0.39, 0.29) is 0 Å². The van der Waals surface area contributed by atoms with Gasteiger partial charge in [-0.25, -0.2) is 0 Å². The van der Waals surface area contributed by atoms with E-state index >= 15 is 0 Å². The highest BCUT2D eigenvalue weighted by Crippen LogP contribution is 2.62. The van der Waals surface area contributed by atoms with Crippen LogP contribution < -0.4 is 0 Å². The lowest BCUT2D eigenvalue weighted by atomic mass is 9.47. The van der Waals surface area contributed by atoms with Crippen LogP contribution in [0.15, 0.2) is 24.3 Å². The molecule has 0 radical (unpaired) electrons. The van der Waals surface area contributed by atoms with Crippen LogP contribution in [0.4, 0.5) is 0 Å². The molecular weight excluding hydrogens is 372 g/mol. The molecule has 5 aliphatic rings. The van der Waals surface area contributed by atoms with Gasteiger partial charge in [0.25, 0.3) is 0 Å². The second-order valence-electron chi connectivity index (χ2n) is 12.4. The maximum Gasteiger partial charge on any atom is -0.00463 e. The van der Waals surface area contributed by atoms with Crippen molar-refractivity contribution in [3.05, 3.63) is 35.4 Å². The number of benzene rings is 1. The van der Waals surface area contributed by atoms with Crippen LogP contribution in [0.25, 0.3) is 0 Å². The highest BCUT2D eigenvalue weighted by molar-refractivity contribution is 5.33. The Bertz CT molecular complexity index is 672. The van der Waals surface area contributed by atoms with Crippen molar-refractivity contribution in [2.45, 2.75) is 134 Å². The molecule has 0 heteroatoms. The molecule has 6 rings (SSSR count). The maximum absolute atomic E-state index is 2.56. The Kier molecular flexibility index (Phi) is 6.56. The Balaban J connectivity index is 1.20. The van der Waals surface area contributed by atoms with E-state index in [1.807, 2.05) is 0 Å². The van der Waals surface area contributed by atoms with E-state index in [9.17, 15) is 0 Å². The van der Waals surface area contributed by atoms with Gasteiger partial charge in [-0.3, -0.25) is 0 Å². The summed E-state index contributed by atoms with van der Waals surface area (Å²) in [5.41, 5.74) is 4.59. The first-order chi connectivity index (χ1) is 15.2. The standard InChI is InChI=1S/C31H48/c1-3-5-25-8-14-28(15-9-25)30-18-21-31(22-19-30,23-20-30)29-16-12-27(13-17-29)26-10-6-24(4-2)7-11-26/h12-13,16-17,24-26,28H,3-11,14-15,18-23H2,1-2H3/t24-,25?,26-,28?,30?,31?. The quantitative estimate of drug-likeness (QED) is 0.429. The van der Waals surface area contributed by atoms with Crippen molar-refractivity contribution in [1.29, 1.82) is 0 Å². The summed E-state index contributed by atoms with van der Waals surface area (Å²) in [5.74, 6) is 3.95. The van der Waals surface area contributed by atoms with Gasteiger partial charge in [-0.15, -0.1) is 0 Å². The third-order valence-corrected chi connectivity index (χ3v) is 11.1. The van der Waals surface area contributed by atoms with Crippen LogP contribution in [0.1, 0.15) is 140 Å². The van der Waals surface area contributed by atoms with E-state index in [1.165, 1.54) is 96.3 Å². The minimum atomic E-state index is 0.527. The summed E-state index contributed by atoms with van der Waals surface area (Å²) in [6, 6.07) is 10.2. The first-order valence-corrected chi connectivity index (χ1v) is 14.3. The van der Waals surface area contributed by atoms with Gasteiger partial charge in [-0.05, 0) is 123 Å². The Hall–Kier alpha value is -0.780. The van der Waals surface area contributed by atoms with E-state index in [1.54, 1.807) is 24.0 Å². The zero-order chi connectivity index (χ0) is 21.3. The molecule has 0 spiro atoms. The van der Waals surface area contributed by atoms with Gasteiger partial charge < -0.3 is 0 Å². The second kappa shape index (κ2) is 9.23. The minimum Gasteiger partial charge on any atom is -0.0654 e. The highest BCUT2D eigenvalue weighted by atomic mass is 14.6. The molecule has 0 atom stereocenters. The second-order valence-corrected chi connectivity index (χ2v) is 12.4. The summed E-state index contributed by atoms with van der Waals surface area (Å²) in [6.07, 6.45) is 25.2. The molecule has 1 aromatic rings. The Labute approximate surface area is 193 Å². The fourth-order valence-electron chi connectivity index (χ4n) is 8.74. The fraction of sp³-hybridized carbons (Fsp3) is 0.806. The molecule has 0 amide bonds. The SMILES string of the molecule is CCCC1CCC(C23CCC(c4ccc([C@H]5CC[C@H](CC)CC5)cc4)(CC2)CC3)CC1. The first kappa shape index (κ1) is 22.0. The summed E-state index contributed by atoms with van der Waals surface area (Å²) in [5, 5.41) is 0. The molecule has 5 fully saturated rings. The van der Waals surface area contributed by atoms with Gasteiger partial charge in [-0.2, -0.15) is 0 Å². The van der Waals surface area contributed by atoms with E-state index < -0.39 is 0 Å². The van der Waals surface area contributed by atoms with Gasteiger partial charge in [0.15, 0.2) is 0 Å². The molecule has 0 aromatic heterocycles. The zero-order valence-electron chi connectivity index (χ0n) is 20.6. The fourth-order valence-corrected chi connectivity index (χ4v) is 8.74. The third-order valence-electron chi connectivity index (χ3n) is 11.1. The topological polar surface area (TPSA) is 0 Å². The molecule has 5 saturated carbocycles. The highest BCUT2D eigenvalue weighted by Gasteiger charge is 2.52. The van der Waals surface area contributed by atoms with E-state index in [4.69, 9.17) is 0 Å². The number of fused-ring (bicyclic) bond motifs is 3. The van der Waals surface area contributed by atoms with Crippen LogP contribution in [-0.2, 0) is 5.41 Å². The Morgan fingerprint density at radius 3 is 1.81 bits per heavy atom. The lowest BCUT2D eigenvalue weighted by molar-refractivity contribution is -0.0294. The average molecular weight is 421 g/mol. The Morgan fingerprint density at radius 2 is 1.26 bits per heavy atom. The molecule has 0 aliphatic heterocycles. The van der Waals surface area contributed by atoms with Crippen molar-refractivity contribution < 1.29 is 0 Å². The largest absolute Gasteiger partial charge is 0.0654 e. The van der Waals surface area contributed by atoms with E-state index in [2.05, 4.69) is 38.1 Å². The van der Waals surface area contributed by atoms with Crippen molar-refractivity contribution in [3.63, 3.8) is 0 Å². The summed E-state index contributed by atoms with van der Waals surface area (Å²) >= 11 is 0. The van der Waals surface area contributed by atoms with Crippen molar-refractivity contribution in [1.82, 2.24) is 0 Å². The molecule has 1 aromatic carbocycles. The van der Waals surface area contributed by atoms with Gasteiger partial charge in [-0.1, -0.05) is 70.2 Å². The average Bonchev–Trinajstić information content (AvgIpc) is 2.86. The number of rotatable bonds is 6. The molecule has 0 N–H and O–H groups in total. The molecule has 2 bridgehead atoms. The van der Waals surface area contributed by atoms with Crippen molar-refractivity contribution in [2.75, 3.05) is 0 Å². The minimum absolute atomic E-state index is 0.527. The lowest BCUT2D eigenvalue weighted by Crippen LogP contribution is -2.48. The smallest absolute Gasteiger partial charge is 0.00463 e. The molecule has 31 heavy (non-hydrogen) atoms. The monoisotopic (exact) mass is 420 g/mol. The first-order valence-electron chi connectivity index (χ1n) is 14.3. The predicted octanol–water partition coefficient (Wildman–Crippen LogP) is 9.57. The summed E-state index contributed by atoms with van der Waals surface area (Å²) in [7, 11) is 0. The van der Waals surface area contributed by atoms with Crippen LogP contribution in [0, 0.1) is 23.2 Å². The normalized spacial score (nSPS) is 40.7. The third kappa shape index (κ3) is 4.27. The van der Waals surface area contributed by atoms with Crippen LogP contribution in [0.2, 0.25) is 0 Å². The molecular formula is C31H48. The summed E-state index contributed by atoms with van der Waals surface area (Å²) < 4.78 is 0. The van der Waals surface area contributed by atoms with Gasteiger partial charge in [0.05, 0.1) is 0 Å². The van der Waals surface area contributed by atoms with Crippen LogP contribution >= 0.6 is 0 Å². The van der Waals surface area contributed by atoms with Gasteiger partial charge >= 0.3 is 0 Å². The molecule has 0 nitrogen and oxygen atoms in total. The molecule has 0 heterocycles. The molecule has 172 valence electrons. The molecule has 5 aliphatic carbocycles. The maximum atomic E-state index is 2.56. The molecule has 0 saturated heterocycles. The van der Waals surface area contributed by atoms with Crippen molar-refractivity contribution >= 4 is 0 Å². The van der Waals surface area contributed by atoms with Gasteiger partial charge in [0, 0.05) is 0 Å². The van der Waals surface area contributed by atoms with E-state index in [0.29, 0.717) is 5.41 Å². The van der Waals surface area contributed by atoms with Crippen molar-refractivity contribution in [3.8, 4) is 0 Å². The van der Waals surface area contributed by atoms with Gasteiger partial charge in [0.2, 0.25) is 0 Å². The van der Waals surface area contributed by atoms with Crippen LogP contribution in [0.5, 0.6) is 0 Å². The number of hydrogen-bond donors (Lipinski definition) is 0. The Morgan fingerprint density at radius 1 is 0.677 bits per heavy atom. The lowest BCUT2D eigenvalue weighted by Gasteiger charge is -2.58.